The van der Waals surface area contributed by atoms with Crippen molar-refractivity contribution in [1.82, 2.24) is 10.2 Å². The third-order valence-electron chi connectivity index (χ3n) is 5.16. The number of nitrogens with one attached hydrogen (secondary N) is 1. The molecule has 0 aromatic heterocycles. The fourth-order valence-electron chi connectivity index (χ4n) is 2.92. The number of aliphatic carboxylic acids is 1. The maximum atomic E-state index is 12.6. The first kappa shape index (κ1) is 20.4. The van der Waals surface area contributed by atoms with Gasteiger partial charge in [-0.2, -0.15) is 0 Å². The number of carbonyl (C=O) groups excluding carboxylic acids is 2. The van der Waals surface area contributed by atoms with E-state index >= 15 is 0 Å². The molecule has 0 bridgehead atoms. The van der Waals surface area contributed by atoms with Crippen molar-refractivity contribution in [2.75, 3.05) is 6.54 Å². The van der Waals surface area contributed by atoms with E-state index in [1.807, 2.05) is 20.8 Å². The Morgan fingerprint density at radius 2 is 1.79 bits per heavy atom. The third kappa shape index (κ3) is 4.69. The van der Waals surface area contributed by atoms with Crippen LogP contribution in [0.2, 0.25) is 0 Å². The minimum absolute atomic E-state index is 0.0358. The van der Waals surface area contributed by atoms with Gasteiger partial charge in [0, 0.05) is 6.54 Å². The fraction of sp³-hybridized carbons (Fsp3) is 0.824. The molecule has 0 spiro atoms. The van der Waals surface area contributed by atoms with Gasteiger partial charge in [-0.05, 0) is 24.7 Å². The van der Waals surface area contributed by atoms with Crippen LogP contribution in [0.25, 0.3) is 0 Å². The van der Waals surface area contributed by atoms with Crippen molar-refractivity contribution in [1.29, 1.82) is 0 Å². The lowest BCUT2D eigenvalue weighted by Crippen LogP contribution is -2.55. The summed E-state index contributed by atoms with van der Waals surface area (Å²) in [5, 5.41) is 11.9. The van der Waals surface area contributed by atoms with Gasteiger partial charge in [0.2, 0.25) is 11.8 Å². The summed E-state index contributed by atoms with van der Waals surface area (Å²) >= 11 is 0. The second-order valence-electron chi connectivity index (χ2n) is 6.81. The summed E-state index contributed by atoms with van der Waals surface area (Å²) in [6.07, 6.45) is 2.69. The Morgan fingerprint density at radius 1 is 1.21 bits per heavy atom. The molecule has 7 nitrogen and oxygen atoms in total. The van der Waals surface area contributed by atoms with Gasteiger partial charge < -0.3 is 21.1 Å². The summed E-state index contributed by atoms with van der Waals surface area (Å²) in [7, 11) is 0. The number of hydrogen-bond acceptors (Lipinski definition) is 4. The standard InChI is InChI=1S/C17H31N3O4/c1-5-10(3)13(18)16(22)20-9-7-8-12(20)15(21)19-14(17(23)24)11(4)6-2/h10-14H,5-9,18H2,1-4H3,(H,19,21)(H,23,24)/t10-,11+,12+,13-,14-/m0/s1. The van der Waals surface area contributed by atoms with E-state index in [0.717, 1.165) is 12.8 Å². The fourth-order valence-corrected chi connectivity index (χ4v) is 2.92. The Bertz CT molecular complexity index is 469. The average Bonchev–Trinajstić information content (AvgIpc) is 3.05. The van der Waals surface area contributed by atoms with E-state index in [2.05, 4.69) is 5.32 Å². The van der Waals surface area contributed by atoms with Crippen LogP contribution in [0.4, 0.5) is 0 Å². The smallest absolute Gasteiger partial charge is 0.326 e. The van der Waals surface area contributed by atoms with E-state index in [-0.39, 0.29) is 17.7 Å². The maximum absolute atomic E-state index is 12.6. The molecule has 0 aliphatic carbocycles. The van der Waals surface area contributed by atoms with Gasteiger partial charge in [0.05, 0.1) is 6.04 Å². The van der Waals surface area contributed by atoms with Crippen LogP contribution in [0, 0.1) is 11.8 Å². The maximum Gasteiger partial charge on any atom is 0.326 e. The summed E-state index contributed by atoms with van der Waals surface area (Å²) < 4.78 is 0. The zero-order chi connectivity index (χ0) is 18.4. The van der Waals surface area contributed by atoms with E-state index in [4.69, 9.17) is 5.73 Å². The number of carboxylic acid groups (broad SMARTS) is 1. The largest absolute Gasteiger partial charge is 0.480 e. The molecule has 1 heterocycles. The first-order valence-electron chi connectivity index (χ1n) is 8.83. The van der Waals surface area contributed by atoms with E-state index in [0.29, 0.717) is 19.4 Å². The van der Waals surface area contributed by atoms with Gasteiger partial charge in [-0.25, -0.2) is 4.79 Å². The topological polar surface area (TPSA) is 113 Å². The molecule has 0 aromatic carbocycles. The summed E-state index contributed by atoms with van der Waals surface area (Å²) in [6, 6.07) is -2.20. The van der Waals surface area contributed by atoms with Crippen LogP contribution >= 0.6 is 0 Å². The SMILES string of the molecule is CC[C@@H](C)[C@H](NC(=O)[C@H]1CCCN1C(=O)[C@@H](N)[C@@H](C)CC)C(=O)O. The summed E-state index contributed by atoms with van der Waals surface area (Å²) in [5.74, 6) is -1.82. The normalized spacial score (nSPS) is 22.5. The van der Waals surface area contributed by atoms with E-state index in [1.54, 1.807) is 6.92 Å². The van der Waals surface area contributed by atoms with Crippen LogP contribution in [0.5, 0.6) is 0 Å². The lowest BCUT2D eigenvalue weighted by Gasteiger charge is -2.30. The number of likely N-dealkylation sites (tertiary alicyclic amines) is 1. The number of nitrogens with zero attached hydrogens (tertiary/aromatic N) is 1. The van der Waals surface area contributed by atoms with Crippen LogP contribution in [-0.2, 0) is 14.4 Å². The molecular formula is C17H31N3O4. The van der Waals surface area contributed by atoms with Gasteiger partial charge in [0.15, 0.2) is 0 Å². The molecule has 7 heteroatoms. The highest BCUT2D eigenvalue weighted by Crippen LogP contribution is 2.21. The number of carboxylic acids is 1. The Labute approximate surface area is 144 Å². The molecule has 1 aliphatic heterocycles. The van der Waals surface area contributed by atoms with Crippen LogP contribution in [0.15, 0.2) is 0 Å². The van der Waals surface area contributed by atoms with Crippen molar-refractivity contribution in [3.63, 3.8) is 0 Å². The average molecular weight is 341 g/mol. The molecule has 0 aromatic rings. The summed E-state index contributed by atoms with van der Waals surface area (Å²) in [4.78, 5) is 38.0. The Kier molecular flexibility index (Phi) is 7.66. The molecule has 2 amide bonds. The minimum atomic E-state index is -1.05. The van der Waals surface area contributed by atoms with Crippen molar-refractivity contribution in [3.05, 3.63) is 0 Å². The molecule has 1 rings (SSSR count). The second kappa shape index (κ2) is 9.01. The molecule has 1 aliphatic rings. The molecule has 1 saturated heterocycles. The highest BCUT2D eigenvalue weighted by atomic mass is 16.4. The second-order valence-corrected chi connectivity index (χ2v) is 6.81. The predicted molar refractivity (Wildman–Crippen MR) is 91.2 cm³/mol. The van der Waals surface area contributed by atoms with E-state index in [1.165, 1.54) is 4.90 Å². The van der Waals surface area contributed by atoms with E-state index in [9.17, 15) is 19.5 Å². The van der Waals surface area contributed by atoms with Crippen molar-refractivity contribution >= 4 is 17.8 Å². The molecular weight excluding hydrogens is 310 g/mol. The monoisotopic (exact) mass is 341 g/mol. The number of nitrogens with two attached hydrogens (primary N) is 1. The third-order valence-corrected chi connectivity index (χ3v) is 5.16. The van der Waals surface area contributed by atoms with Gasteiger partial charge in [0.1, 0.15) is 12.1 Å². The summed E-state index contributed by atoms with van der Waals surface area (Å²) in [5.41, 5.74) is 6.02. The number of hydrogen-bond donors (Lipinski definition) is 3. The van der Waals surface area contributed by atoms with Crippen LogP contribution in [0.1, 0.15) is 53.4 Å². The lowest BCUT2D eigenvalue weighted by molar-refractivity contribution is -0.145. The van der Waals surface area contributed by atoms with Crippen molar-refractivity contribution in [2.45, 2.75) is 71.5 Å². The highest BCUT2D eigenvalue weighted by molar-refractivity contribution is 5.92. The first-order valence-corrected chi connectivity index (χ1v) is 8.83. The minimum Gasteiger partial charge on any atom is -0.480 e. The Balaban J connectivity index is 2.82. The molecule has 24 heavy (non-hydrogen) atoms. The lowest BCUT2D eigenvalue weighted by atomic mass is 9.97. The molecule has 0 unspecified atom stereocenters. The molecule has 1 fully saturated rings. The van der Waals surface area contributed by atoms with Crippen LogP contribution in [-0.4, -0.2) is 52.5 Å². The number of amides is 2. The van der Waals surface area contributed by atoms with Crippen LogP contribution < -0.4 is 11.1 Å². The highest BCUT2D eigenvalue weighted by Gasteiger charge is 2.38. The quantitative estimate of drug-likeness (QED) is 0.609. The van der Waals surface area contributed by atoms with Gasteiger partial charge in [0.25, 0.3) is 0 Å². The summed E-state index contributed by atoms with van der Waals surface area (Å²) in [6.45, 7) is 8.04. The zero-order valence-corrected chi connectivity index (χ0v) is 15.1. The Hall–Kier alpha value is -1.63. The van der Waals surface area contributed by atoms with Gasteiger partial charge >= 0.3 is 5.97 Å². The molecule has 0 radical (unpaired) electrons. The van der Waals surface area contributed by atoms with Gasteiger partial charge in [-0.3, -0.25) is 9.59 Å². The first-order chi connectivity index (χ1) is 11.2. The predicted octanol–water partition coefficient (Wildman–Crippen LogP) is 0.966. The Morgan fingerprint density at radius 3 is 2.29 bits per heavy atom. The van der Waals surface area contributed by atoms with Crippen molar-refractivity contribution in [2.24, 2.45) is 17.6 Å². The molecule has 5 atom stereocenters. The van der Waals surface area contributed by atoms with Crippen molar-refractivity contribution in [3.8, 4) is 0 Å². The molecule has 0 saturated carbocycles. The molecule has 138 valence electrons. The van der Waals surface area contributed by atoms with E-state index < -0.39 is 30.0 Å². The number of carbonyl (C=O) groups is 3. The molecule has 4 N–H and O–H groups in total. The van der Waals surface area contributed by atoms with Crippen LogP contribution in [0.3, 0.4) is 0 Å². The van der Waals surface area contributed by atoms with Crippen molar-refractivity contribution < 1.29 is 19.5 Å². The zero-order valence-electron chi connectivity index (χ0n) is 15.1. The van der Waals surface area contributed by atoms with Gasteiger partial charge in [-0.1, -0.05) is 40.5 Å². The number of rotatable bonds is 8. The van der Waals surface area contributed by atoms with Gasteiger partial charge in [-0.15, -0.1) is 0 Å².